The number of carbonyl (C=O) groups is 3. The lowest BCUT2D eigenvalue weighted by Gasteiger charge is -2.40. The van der Waals surface area contributed by atoms with Crippen LogP contribution in [-0.4, -0.2) is 85.8 Å². The summed E-state index contributed by atoms with van der Waals surface area (Å²) in [6.45, 7) is 15.0. The van der Waals surface area contributed by atoms with E-state index in [1.165, 1.54) is 0 Å². The molecule has 8 nitrogen and oxygen atoms in total. The summed E-state index contributed by atoms with van der Waals surface area (Å²) in [6, 6.07) is 15.7. The lowest BCUT2D eigenvalue weighted by atomic mass is 9.70. The first-order valence-corrected chi connectivity index (χ1v) is 18.2. The summed E-state index contributed by atoms with van der Waals surface area (Å²) in [5.41, 5.74) is 1.66. The molecule has 0 aliphatic carbocycles. The van der Waals surface area contributed by atoms with Crippen molar-refractivity contribution in [2.75, 3.05) is 31.2 Å². The Morgan fingerprint density at radius 1 is 1.11 bits per heavy atom. The summed E-state index contributed by atoms with van der Waals surface area (Å²) < 4.78 is 4.78. The van der Waals surface area contributed by atoms with E-state index in [-0.39, 0.29) is 46.9 Å². The van der Waals surface area contributed by atoms with E-state index in [9.17, 15) is 19.5 Å². The van der Waals surface area contributed by atoms with Crippen molar-refractivity contribution in [1.29, 1.82) is 0 Å². The van der Waals surface area contributed by atoms with Gasteiger partial charge in [-0.2, -0.15) is 0 Å². The zero-order valence-electron chi connectivity index (χ0n) is 27.5. The van der Waals surface area contributed by atoms with Gasteiger partial charge >= 0.3 is 0 Å². The van der Waals surface area contributed by atoms with E-state index in [0.29, 0.717) is 44.0 Å². The minimum Gasteiger partial charge on any atom is -0.494 e. The van der Waals surface area contributed by atoms with Gasteiger partial charge in [-0.15, -0.1) is 24.9 Å². The summed E-state index contributed by atoms with van der Waals surface area (Å²) in [5.74, 6) is -1.07. The zero-order valence-corrected chi connectivity index (χ0v) is 29.9. The van der Waals surface area contributed by atoms with Crippen LogP contribution in [0.5, 0.6) is 5.75 Å². The molecule has 1 N–H and O–H groups in total. The van der Waals surface area contributed by atoms with E-state index in [4.69, 9.17) is 4.74 Å². The molecule has 3 aliphatic rings. The summed E-state index contributed by atoms with van der Waals surface area (Å²) in [7, 11) is 0. The maximum Gasteiger partial charge on any atom is 0.247 e. The summed E-state index contributed by atoms with van der Waals surface area (Å²) in [4.78, 5) is 49.5. The molecule has 0 saturated carbocycles. The van der Waals surface area contributed by atoms with Crippen LogP contribution >= 0.6 is 27.7 Å². The second kappa shape index (κ2) is 15.0. The van der Waals surface area contributed by atoms with Gasteiger partial charge in [-0.1, -0.05) is 72.3 Å². The normalized spacial score (nSPS) is 26.6. The Morgan fingerprint density at radius 2 is 1.79 bits per heavy atom. The molecule has 3 aliphatic heterocycles. The lowest BCUT2D eigenvalue weighted by molar-refractivity contribution is -0.146. The third-order valence-corrected chi connectivity index (χ3v) is 12.7. The van der Waals surface area contributed by atoms with E-state index in [1.54, 1.807) is 38.6 Å². The van der Waals surface area contributed by atoms with Crippen molar-refractivity contribution in [1.82, 2.24) is 9.80 Å². The molecule has 2 aromatic rings. The van der Waals surface area contributed by atoms with Gasteiger partial charge in [-0.3, -0.25) is 14.4 Å². The van der Waals surface area contributed by atoms with Gasteiger partial charge in [0.25, 0.3) is 0 Å². The second-order valence-corrected chi connectivity index (χ2v) is 15.7. The van der Waals surface area contributed by atoms with Crippen LogP contribution in [0, 0.1) is 17.8 Å². The highest BCUT2D eigenvalue weighted by molar-refractivity contribution is 9.09. The number of hydrogen-bond donors (Lipinski definition) is 1. The van der Waals surface area contributed by atoms with Gasteiger partial charge in [-0.05, 0) is 55.5 Å². The number of benzene rings is 2. The van der Waals surface area contributed by atoms with Gasteiger partial charge in [0.15, 0.2) is 0 Å². The smallest absolute Gasteiger partial charge is 0.247 e. The summed E-state index contributed by atoms with van der Waals surface area (Å²) in [6.07, 6.45) is 4.49. The maximum atomic E-state index is 14.9. The van der Waals surface area contributed by atoms with E-state index in [0.717, 1.165) is 5.56 Å². The minimum absolute atomic E-state index is 0.0775. The molecule has 3 saturated heterocycles. The Labute approximate surface area is 291 Å². The lowest BCUT2D eigenvalue weighted by Crippen LogP contribution is -2.58. The highest BCUT2D eigenvalue weighted by atomic mass is 79.9. The fourth-order valence-electron chi connectivity index (χ4n) is 7.73. The van der Waals surface area contributed by atoms with Crippen LogP contribution in [0.4, 0.5) is 5.69 Å². The molecule has 10 heteroatoms. The van der Waals surface area contributed by atoms with Crippen LogP contribution in [0.1, 0.15) is 39.2 Å². The Kier molecular flexibility index (Phi) is 11.2. The van der Waals surface area contributed by atoms with E-state index >= 15 is 0 Å². The minimum atomic E-state index is -0.842. The van der Waals surface area contributed by atoms with E-state index in [2.05, 4.69) is 29.1 Å². The first kappa shape index (κ1) is 35.2. The molecular formula is C37H46BrN3O5S. The largest absolute Gasteiger partial charge is 0.494 e. The number of aliphatic hydroxyl groups is 1. The molecule has 0 aromatic heterocycles. The number of amides is 3. The molecule has 47 heavy (non-hydrogen) atoms. The Morgan fingerprint density at radius 3 is 2.38 bits per heavy atom. The summed E-state index contributed by atoms with van der Waals surface area (Å²) >= 11 is 5.50. The number of anilines is 1. The monoisotopic (exact) mass is 723 g/mol. The predicted molar refractivity (Wildman–Crippen MR) is 192 cm³/mol. The average molecular weight is 725 g/mol. The summed E-state index contributed by atoms with van der Waals surface area (Å²) in [5, 5.41) is 10.5. The van der Waals surface area contributed by atoms with Gasteiger partial charge in [0.1, 0.15) is 11.8 Å². The van der Waals surface area contributed by atoms with Crippen molar-refractivity contribution in [2.45, 2.75) is 67.1 Å². The number of halogens is 1. The number of aliphatic hydroxyl groups excluding tert-OH is 1. The van der Waals surface area contributed by atoms with Crippen LogP contribution in [0.3, 0.4) is 0 Å². The third-order valence-electron chi connectivity index (χ3n) is 9.51. The number of hydrogen-bond acceptors (Lipinski definition) is 6. The van der Waals surface area contributed by atoms with Crippen LogP contribution in [0.15, 0.2) is 79.9 Å². The standard InChI is InChI=1S/C37H46BrN3O5S/c1-6-18-39(22-25-12-10-9-11-13-25)36(45)33-37-21-29(38)32(47-37)30(31(37)35(44)41(33)27(23-42)20-24(4)5)34(43)40(19-7-2)26-14-16-28(17-15-26)46-8-3/h6-7,9-17,24,27,29-33,42H,1-2,8,18-23H2,3-5H3/t27-,29?,30-,31+,32-,33?,37?/m1/s1. The third kappa shape index (κ3) is 6.65. The molecule has 252 valence electrons. The molecule has 3 unspecified atom stereocenters. The topological polar surface area (TPSA) is 90.4 Å². The van der Waals surface area contributed by atoms with Crippen molar-refractivity contribution < 1.29 is 24.2 Å². The first-order chi connectivity index (χ1) is 22.6. The van der Waals surface area contributed by atoms with Gasteiger partial charge in [0.2, 0.25) is 17.7 Å². The number of fused-ring (bicyclic) bond motifs is 1. The van der Waals surface area contributed by atoms with Crippen LogP contribution in [0.2, 0.25) is 0 Å². The quantitative estimate of drug-likeness (QED) is 0.188. The Hall–Kier alpha value is -3.08. The van der Waals surface area contributed by atoms with Gasteiger partial charge in [-0.25, -0.2) is 0 Å². The second-order valence-electron chi connectivity index (χ2n) is 13.0. The first-order valence-electron chi connectivity index (χ1n) is 16.4. The molecule has 5 rings (SSSR count). The molecule has 2 aromatic carbocycles. The maximum absolute atomic E-state index is 14.9. The number of alkyl halides is 1. The Balaban J connectivity index is 1.58. The molecular weight excluding hydrogens is 678 g/mol. The van der Waals surface area contributed by atoms with Crippen LogP contribution in [0.25, 0.3) is 0 Å². The number of carbonyl (C=O) groups excluding carboxylic acids is 3. The molecule has 7 atom stereocenters. The van der Waals surface area contributed by atoms with Gasteiger partial charge in [0.05, 0.1) is 35.8 Å². The molecule has 3 heterocycles. The fraction of sp³-hybridized carbons (Fsp3) is 0.486. The fourth-order valence-corrected chi connectivity index (χ4v) is 11.3. The molecule has 2 bridgehead atoms. The number of thioether (sulfide) groups is 1. The van der Waals surface area contributed by atoms with Crippen molar-refractivity contribution in [3.05, 3.63) is 85.5 Å². The number of nitrogens with zero attached hydrogens (tertiary/aromatic N) is 3. The molecule has 1 spiro atoms. The van der Waals surface area contributed by atoms with Crippen LogP contribution in [-0.2, 0) is 20.9 Å². The number of ether oxygens (including phenoxy) is 1. The highest BCUT2D eigenvalue weighted by Gasteiger charge is 2.76. The predicted octanol–water partition coefficient (Wildman–Crippen LogP) is 5.69. The van der Waals surface area contributed by atoms with Crippen molar-refractivity contribution in [2.24, 2.45) is 17.8 Å². The molecule has 0 radical (unpaired) electrons. The van der Waals surface area contributed by atoms with E-state index < -0.39 is 28.7 Å². The van der Waals surface area contributed by atoms with Crippen LogP contribution < -0.4 is 9.64 Å². The van der Waals surface area contributed by atoms with Crippen molar-refractivity contribution in [3.63, 3.8) is 0 Å². The van der Waals surface area contributed by atoms with E-state index in [1.807, 2.05) is 75.4 Å². The van der Waals surface area contributed by atoms with Gasteiger partial charge < -0.3 is 24.5 Å². The number of rotatable bonds is 15. The number of likely N-dealkylation sites (tertiary alicyclic amines) is 1. The molecule has 3 fully saturated rings. The highest BCUT2D eigenvalue weighted by Crippen LogP contribution is 2.68. The zero-order chi connectivity index (χ0) is 33.9. The average Bonchev–Trinajstić information content (AvgIpc) is 3.66. The Bertz CT molecular complexity index is 1460. The molecule has 3 amide bonds. The van der Waals surface area contributed by atoms with Gasteiger partial charge in [0, 0.05) is 35.4 Å². The van der Waals surface area contributed by atoms with Crippen molar-refractivity contribution in [3.8, 4) is 5.75 Å². The van der Waals surface area contributed by atoms with Crippen molar-refractivity contribution >= 4 is 51.1 Å². The SMILES string of the molecule is C=CCN(Cc1ccccc1)C(=O)C1N([C@@H](CO)CC(C)C)C(=O)[C@@H]2[C@@H](C(=O)N(CC=C)c3ccc(OCC)cc3)[C@@H]3SC12CC3Br.